The van der Waals surface area contributed by atoms with E-state index in [1.54, 1.807) is 12.1 Å². The number of carbonyl (C=O) groups excluding carboxylic acids is 1. The van der Waals surface area contributed by atoms with Gasteiger partial charge in [-0.2, -0.15) is 13.2 Å². The van der Waals surface area contributed by atoms with Gasteiger partial charge >= 0.3 is 6.18 Å². The highest BCUT2D eigenvalue weighted by Gasteiger charge is 2.30. The smallest absolute Gasteiger partial charge is 0.355 e. The fourth-order valence-electron chi connectivity index (χ4n) is 2.76. The lowest BCUT2D eigenvalue weighted by Crippen LogP contribution is -2.06. The van der Waals surface area contributed by atoms with Crippen LogP contribution in [0.2, 0.25) is 0 Å². The van der Waals surface area contributed by atoms with Gasteiger partial charge in [0.25, 0.3) is 0 Å². The molecular formula is C24H20F3NO. The van der Waals surface area contributed by atoms with Gasteiger partial charge in [-0.3, -0.25) is 4.79 Å². The molecule has 5 heteroatoms. The molecule has 3 rings (SSSR count). The lowest BCUT2D eigenvalue weighted by atomic mass is 10.0. The Hall–Kier alpha value is -3.34. The molecule has 0 saturated carbocycles. The zero-order valence-electron chi connectivity index (χ0n) is 16.0. The van der Waals surface area contributed by atoms with Crippen LogP contribution in [-0.2, 0) is 6.18 Å². The minimum atomic E-state index is -4.41. The highest BCUT2D eigenvalue weighted by atomic mass is 19.4. The maximum Gasteiger partial charge on any atom is 0.416 e. The normalized spacial score (nSPS) is 12.0. The number of alkyl halides is 3. The van der Waals surface area contributed by atoms with Crippen molar-refractivity contribution in [3.63, 3.8) is 0 Å². The van der Waals surface area contributed by atoms with Gasteiger partial charge in [0.1, 0.15) is 0 Å². The second-order valence-corrected chi connectivity index (χ2v) is 6.85. The van der Waals surface area contributed by atoms with E-state index >= 15 is 0 Å². The third-order valence-corrected chi connectivity index (χ3v) is 4.47. The van der Waals surface area contributed by atoms with Crippen LogP contribution in [0.3, 0.4) is 0 Å². The number of carbonyl (C=O) groups is 1. The maximum absolute atomic E-state index is 12.9. The summed E-state index contributed by atoms with van der Waals surface area (Å²) >= 11 is 0. The Morgan fingerprint density at radius 3 is 1.76 bits per heavy atom. The molecule has 3 aromatic rings. The molecule has 0 amide bonds. The van der Waals surface area contributed by atoms with Crippen LogP contribution >= 0.6 is 0 Å². The van der Waals surface area contributed by atoms with E-state index in [-0.39, 0.29) is 5.78 Å². The second-order valence-electron chi connectivity index (χ2n) is 6.85. The van der Waals surface area contributed by atoms with Gasteiger partial charge in [-0.1, -0.05) is 59.7 Å². The number of hydrogen-bond acceptors (Lipinski definition) is 2. The van der Waals surface area contributed by atoms with Crippen LogP contribution in [0.1, 0.15) is 32.6 Å². The van der Waals surface area contributed by atoms with Gasteiger partial charge in [-0.25, -0.2) is 0 Å². The zero-order valence-corrected chi connectivity index (χ0v) is 16.0. The van der Waals surface area contributed by atoms with Crippen LogP contribution in [-0.4, -0.2) is 5.78 Å². The van der Waals surface area contributed by atoms with E-state index in [9.17, 15) is 18.0 Å². The van der Waals surface area contributed by atoms with Crippen LogP contribution in [0.4, 0.5) is 18.9 Å². The lowest BCUT2D eigenvalue weighted by Gasteiger charge is -2.13. The molecule has 3 aromatic carbocycles. The average Bonchev–Trinajstić information content (AvgIpc) is 2.69. The number of hydrogen-bond donors (Lipinski definition) is 1. The second kappa shape index (κ2) is 8.35. The highest BCUT2D eigenvalue weighted by Crippen LogP contribution is 2.30. The molecule has 0 aliphatic rings. The predicted molar refractivity (Wildman–Crippen MR) is 110 cm³/mol. The van der Waals surface area contributed by atoms with Crippen molar-refractivity contribution in [2.24, 2.45) is 0 Å². The Balaban J connectivity index is 1.97. The summed E-state index contributed by atoms with van der Waals surface area (Å²) in [6.07, 6.45) is -3.00. The van der Waals surface area contributed by atoms with Crippen molar-refractivity contribution in [3.05, 3.63) is 107 Å². The average molecular weight is 395 g/mol. The van der Waals surface area contributed by atoms with Crippen molar-refractivity contribution in [1.82, 2.24) is 0 Å². The van der Waals surface area contributed by atoms with E-state index in [1.165, 1.54) is 18.2 Å². The largest absolute Gasteiger partial charge is 0.416 e. The lowest BCUT2D eigenvalue weighted by molar-refractivity contribution is -0.137. The van der Waals surface area contributed by atoms with E-state index in [2.05, 4.69) is 5.32 Å². The Bertz CT molecular complexity index is 1020. The summed E-state index contributed by atoms with van der Waals surface area (Å²) in [4.78, 5) is 12.7. The minimum Gasteiger partial charge on any atom is -0.355 e. The predicted octanol–water partition coefficient (Wildman–Crippen LogP) is 6.66. The minimum absolute atomic E-state index is 0.237. The van der Waals surface area contributed by atoms with E-state index in [0.29, 0.717) is 16.8 Å². The molecule has 29 heavy (non-hydrogen) atoms. The number of halogens is 3. The number of benzene rings is 3. The van der Waals surface area contributed by atoms with Crippen LogP contribution in [0, 0.1) is 13.8 Å². The fraction of sp³-hybridized carbons (Fsp3) is 0.125. The molecule has 1 N–H and O–H groups in total. The molecule has 0 spiro atoms. The molecule has 0 heterocycles. The van der Waals surface area contributed by atoms with Crippen LogP contribution in [0.15, 0.2) is 78.9 Å². The molecule has 0 unspecified atom stereocenters. The van der Waals surface area contributed by atoms with E-state index in [0.717, 1.165) is 28.9 Å². The highest BCUT2D eigenvalue weighted by molar-refractivity contribution is 6.09. The third kappa shape index (κ3) is 5.35. The Morgan fingerprint density at radius 2 is 1.24 bits per heavy atom. The van der Waals surface area contributed by atoms with Crippen LogP contribution in [0.5, 0.6) is 0 Å². The molecule has 0 radical (unpaired) electrons. The molecule has 0 fully saturated rings. The third-order valence-electron chi connectivity index (χ3n) is 4.47. The number of aryl methyl sites for hydroxylation is 2. The fourth-order valence-corrected chi connectivity index (χ4v) is 2.76. The number of anilines is 1. The standard InChI is InChI=1S/C24H20F3NO/c1-16-3-7-19(8-4-16)23(29)15-22(28-21-13-5-17(2)6-14-21)18-9-11-20(12-10-18)24(25,26)27/h3-15,28H,1-2H3/b22-15+. The molecule has 0 aliphatic carbocycles. The monoisotopic (exact) mass is 395 g/mol. The maximum atomic E-state index is 12.9. The topological polar surface area (TPSA) is 29.1 Å². The first-order valence-electron chi connectivity index (χ1n) is 9.06. The van der Waals surface area contributed by atoms with Crippen LogP contribution in [0.25, 0.3) is 5.70 Å². The van der Waals surface area contributed by atoms with Gasteiger partial charge in [-0.15, -0.1) is 0 Å². The Labute approximate surface area is 167 Å². The first-order valence-corrected chi connectivity index (χ1v) is 9.06. The van der Waals surface area contributed by atoms with Crippen LogP contribution < -0.4 is 5.32 Å². The quantitative estimate of drug-likeness (QED) is 0.387. The van der Waals surface area contributed by atoms with Gasteiger partial charge in [0.05, 0.1) is 5.56 Å². The van der Waals surface area contributed by atoms with Crippen molar-refractivity contribution in [3.8, 4) is 0 Å². The number of allylic oxidation sites excluding steroid dienone is 1. The number of rotatable bonds is 5. The van der Waals surface area contributed by atoms with Gasteiger partial charge < -0.3 is 5.32 Å². The molecular weight excluding hydrogens is 375 g/mol. The summed E-state index contributed by atoms with van der Waals surface area (Å²) in [7, 11) is 0. The summed E-state index contributed by atoms with van der Waals surface area (Å²) in [5.74, 6) is -0.237. The summed E-state index contributed by atoms with van der Waals surface area (Å²) < 4.78 is 38.7. The molecule has 0 atom stereocenters. The van der Waals surface area contributed by atoms with Gasteiger partial charge in [0.15, 0.2) is 5.78 Å². The van der Waals surface area contributed by atoms with Gasteiger partial charge in [0, 0.05) is 23.0 Å². The SMILES string of the molecule is Cc1ccc(N/C(=C/C(=O)c2ccc(C)cc2)c2ccc(C(F)(F)F)cc2)cc1. The summed E-state index contributed by atoms with van der Waals surface area (Å²) in [6, 6.07) is 19.4. The Morgan fingerprint density at radius 1 is 0.759 bits per heavy atom. The molecule has 0 aromatic heterocycles. The molecule has 0 saturated heterocycles. The molecule has 0 bridgehead atoms. The van der Waals surface area contributed by atoms with Crippen molar-refractivity contribution < 1.29 is 18.0 Å². The Kier molecular flexibility index (Phi) is 5.87. The molecule has 0 aliphatic heterocycles. The van der Waals surface area contributed by atoms with Gasteiger partial charge in [0.2, 0.25) is 0 Å². The summed E-state index contributed by atoms with van der Waals surface area (Å²) in [6.45, 7) is 3.88. The number of ketones is 1. The van der Waals surface area contributed by atoms with Crippen molar-refractivity contribution >= 4 is 17.2 Å². The number of nitrogens with one attached hydrogen (secondary N) is 1. The summed E-state index contributed by atoms with van der Waals surface area (Å²) in [5, 5.41) is 3.15. The van der Waals surface area contributed by atoms with Crippen molar-refractivity contribution in [2.45, 2.75) is 20.0 Å². The zero-order chi connectivity index (χ0) is 21.0. The molecule has 2 nitrogen and oxygen atoms in total. The van der Waals surface area contributed by atoms with Gasteiger partial charge in [-0.05, 0) is 43.7 Å². The molecule has 148 valence electrons. The van der Waals surface area contributed by atoms with Crippen molar-refractivity contribution in [2.75, 3.05) is 5.32 Å². The van der Waals surface area contributed by atoms with E-state index < -0.39 is 11.7 Å². The van der Waals surface area contributed by atoms with E-state index in [1.807, 2.05) is 50.2 Å². The van der Waals surface area contributed by atoms with Crippen molar-refractivity contribution in [1.29, 1.82) is 0 Å². The first kappa shape index (κ1) is 20.4. The summed E-state index contributed by atoms with van der Waals surface area (Å²) in [5.41, 5.74) is 3.52. The van der Waals surface area contributed by atoms with E-state index in [4.69, 9.17) is 0 Å². The first-order chi connectivity index (χ1) is 13.7.